The van der Waals surface area contributed by atoms with Crippen molar-refractivity contribution in [2.24, 2.45) is 0 Å². The molecule has 1 fully saturated rings. The van der Waals surface area contributed by atoms with E-state index in [0.717, 1.165) is 16.8 Å². The maximum absolute atomic E-state index is 4.47. The Morgan fingerprint density at radius 3 is 2.57 bits per heavy atom. The van der Waals surface area contributed by atoms with E-state index in [2.05, 4.69) is 70.0 Å². The van der Waals surface area contributed by atoms with Crippen LogP contribution in [-0.4, -0.2) is 31.7 Å². The normalized spacial score (nSPS) is 20.8. The van der Waals surface area contributed by atoms with Crippen LogP contribution in [-0.2, 0) is 0 Å². The predicted molar refractivity (Wildman–Crippen MR) is 102 cm³/mol. The third kappa shape index (κ3) is 3.37. The molecule has 0 saturated carbocycles. The lowest BCUT2D eigenvalue weighted by Crippen LogP contribution is -2.27. The quantitative estimate of drug-likeness (QED) is 0.783. The Morgan fingerprint density at radius 2 is 1.91 bits per heavy atom. The van der Waals surface area contributed by atoms with E-state index in [4.69, 9.17) is 0 Å². The molecule has 1 aromatic carbocycles. The summed E-state index contributed by atoms with van der Waals surface area (Å²) < 4.78 is 1.07. The number of hydrogen-bond acceptors (Lipinski definition) is 3. The highest BCUT2D eigenvalue weighted by Crippen LogP contribution is 2.38. The molecule has 23 heavy (non-hydrogen) atoms. The predicted octanol–water partition coefficient (Wildman–Crippen LogP) is 4.60. The molecular weight excluding hydrogens is 350 g/mol. The Bertz CT molecular complexity index is 682. The molecule has 1 aromatic heterocycles. The van der Waals surface area contributed by atoms with Crippen LogP contribution in [0.2, 0.25) is 0 Å². The lowest BCUT2D eigenvalue weighted by atomic mass is 9.96. The minimum atomic E-state index is 0.523. The number of aromatic nitrogens is 1. The highest BCUT2D eigenvalue weighted by atomic mass is 79.9. The zero-order valence-corrected chi connectivity index (χ0v) is 15.8. The van der Waals surface area contributed by atoms with Gasteiger partial charge in [-0.05, 0) is 41.8 Å². The smallest absolute Gasteiger partial charge is 0.130 e. The van der Waals surface area contributed by atoms with Crippen molar-refractivity contribution in [3.05, 3.63) is 52.1 Å². The van der Waals surface area contributed by atoms with Gasteiger partial charge in [-0.25, -0.2) is 4.98 Å². The van der Waals surface area contributed by atoms with Gasteiger partial charge < -0.3 is 9.80 Å². The van der Waals surface area contributed by atoms with E-state index in [-0.39, 0.29) is 0 Å². The average Bonchev–Trinajstić information content (AvgIpc) is 2.90. The van der Waals surface area contributed by atoms with Crippen molar-refractivity contribution in [3.8, 4) is 0 Å². The Balaban J connectivity index is 1.87. The Labute approximate surface area is 147 Å². The van der Waals surface area contributed by atoms with Crippen molar-refractivity contribution in [3.63, 3.8) is 0 Å². The summed E-state index contributed by atoms with van der Waals surface area (Å²) in [7, 11) is 4.06. The van der Waals surface area contributed by atoms with Crippen LogP contribution < -0.4 is 9.80 Å². The molecule has 2 atom stereocenters. The number of aryl methyl sites for hydroxylation is 1. The molecule has 0 spiro atoms. The molecule has 3 rings (SSSR count). The molecule has 4 heteroatoms. The zero-order valence-electron chi connectivity index (χ0n) is 14.3. The number of rotatable bonds is 3. The maximum Gasteiger partial charge on any atom is 0.130 e. The fourth-order valence-corrected chi connectivity index (χ4v) is 3.77. The van der Waals surface area contributed by atoms with E-state index in [1.807, 2.05) is 25.2 Å². The first kappa shape index (κ1) is 16.3. The van der Waals surface area contributed by atoms with Crippen molar-refractivity contribution >= 4 is 27.4 Å². The highest BCUT2D eigenvalue weighted by molar-refractivity contribution is 9.10. The number of hydrogen-bond donors (Lipinski definition) is 0. The largest absolute Gasteiger partial charge is 0.367 e. The molecule has 2 heterocycles. The standard InChI is InChI=1S/C19H24BrN3/c1-13-5-7-15(8-6-13)16-9-14(2)23(12-16)18-10-19(22(3)4)21-11-17(18)20/h5-8,10-11,14,16H,9,12H2,1-4H3. The number of pyridine rings is 1. The van der Waals surface area contributed by atoms with E-state index in [1.165, 1.54) is 23.2 Å². The first-order valence-electron chi connectivity index (χ1n) is 8.12. The minimum absolute atomic E-state index is 0.523. The second-order valence-electron chi connectivity index (χ2n) is 6.73. The molecule has 1 aliphatic rings. The third-order valence-electron chi connectivity index (χ3n) is 4.71. The van der Waals surface area contributed by atoms with Crippen molar-refractivity contribution in [1.82, 2.24) is 4.98 Å². The van der Waals surface area contributed by atoms with Gasteiger partial charge in [-0.3, -0.25) is 0 Å². The highest BCUT2D eigenvalue weighted by Gasteiger charge is 2.31. The first-order valence-corrected chi connectivity index (χ1v) is 8.91. The van der Waals surface area contributed by atoms with Crippen LogP contribution in [0, 0.1) is 6.92 Å². The second-order valence-corrected chi connectivity index (χ2v) is 7.59. The lowest BCUT2D eigenvalue weighted by molar-refractivity contribution is 0.699. The SMILES string of the molecule is Cc1ccc(C2CC(C)N(c3cc(N(C)C)ncc3Br)C2)cc1. The monoisotopic (exact) mass is 373 g/mol. The van der Waals surface area contributed by atoms with E-state index >= 15 is 0 Å². The van der Waals surface area contributed by atoms with Gasteiger partial charge >= 0.3 is 0 Å². The second kappa shape index (κ2) is 6.52. The summed E-state index contributed by atoms with van der Waals surface area (Å²) in [5.41, 5.74) is 4.01. The van der Waals surface area contributed by atoms with Crippen LogP contribution in [0.5, 0.6) is 0 Å². The van der Waals surface area contributed by atoms with E-state index in [0.29, 0.717) is 12.0 Å². The topological polar surface area (TPSA) is 19.4 Å². The Kier molecular flexibility index (Phi) is 4.62. The van der Waals surface area contributed by atoms with Crippen molar-refractivity contribution < 1.29 is 0 Å². The van der Waals surface area contributed by atoms with Crippen LogP contribution >= 0.6 is 15.9 Å². The zero-order chi connectivity index (χ0) is 16.6. The van der Waals surface area contributed by atoms with Crippen molar-refractivity contribution in [1.29, 1.82) is 0 Å². The summed E-state index contributed by atoms with van der Waals surface area (Å²) >= 11 is 3.68. The van der Waals surface area contributed by atoms with Crippen LogP contribution in [0.4, 0.5) is 11.5 Å². The van der Waals surface area contributed by atoms with Gasteiger partial charge in [0.1, 0.15) is 5.82 Å². The summed E-state index contributed by atoms with van der Waals surface area (Å²) in [5, 5.41) is 0. The molecule has 122 valence electrons. The van der Waals surface area contributed by atoms with Crippen molar-refractivity contribution in [2.45, 2.75) is 32.2 Å². The molecule has 3 nitrogen and oxygen atoms in total. The molecule has 0 radical (unpaired) electrons. The molecule has 0 amide bonds. The Hall–Kier alpha value is -1.55. The fourth-order valence-electron chi connectivity index (χ4n) is 3.33. The first-order chi connectivity index (χ1) is 11.0. The van der Waals surface area contributed by atoms with Gasteiger partial charge in [0.2, 0.25) is 0 Å². The van der Waals surface area contributed by atoms with Crippen LogP contribution in [0.1, 0.15) is 30.4 Å². The number of anilines is 2. The molecule has 0 N–H and O–H groups in total. The summed E-state index contributed by atoms with van der Waals surface area (Å²) in [6.07, 6.45) is 3.10. The van der Waals surface area contributed by atoms with E-state index in [9.17, 15) is 0 Å². The molecule has 0 bridgehead atoms. The van der Waals surface area contributed by atoms with Gasteiger partial charge in [0.15, 0.2) is 0 Å². The number of benzene rings is 1. The van der Waals surface area contributed by atoms with Gasteiger partial charge in [0, 0.05) is 44.9 Å². The molecule has 1 aliphatic heterocycles. The number of halogens is 1. The summed E-state index contributed by atoms with van der Waals surface area (Å²) in [5.74, 6) is 1.59. The van der Waals surface area contributed by atoms with E-state index in [1.54, 1.807) is 0 Å². The van der Waals surface area contributed by atoms with Crippen LogP contribution in [0.15, 0.2) is 41.0 Å². The Morgan fingerprint density at radius 1 is 1.22 bits per heavy atom. The average molecular weight is 374 g/mol. The van der Waals surface area contributed by atoms with Gasteiger partial charge in [-0.2, -0.15) is 0 Å². The van der Waals surface area contributed by atoms with Crippen LogP contribution in [0.25, 0.3) is 0 Å². The van der Waals surface area contributed by atoms with E-state index < -0.39 is 0 Å². The summed E-state index contributed by atoms with van der Waals surface area (Å²) in [6, 6.07) is 11.7. The maximum atomic E-state index is 4.47. The molecule has 1 saturated heterocycles. The third-order valence-corrected chi connectivity index (χ3v) is 5.32. The summed E-state index contributed by atoms with van der Waals surface area (Å²) in [6.45, 7) is 5.51. The lowest BCUT2D eigenvalue weighted by Gasteiger charge is -2.26. The van der Waals surface area contributed by atoms with Gasteiger partial charge in [-0.1, -0.05) is 29.8 Å². The van der Waals surface area contributed by atoms with Gasteiger partial charge in [0.05, 0.1) is 10.2 Å². The minimum Gasteiger partial charge on any atom is -0.367 e. The number of nitrogens with zero attached hydrogens (tertiary/aromatic N) is 3. The van der Waals surface area contributed by atoms with Gasteiger partial charge in [0.25, 0.3) is 0 Å². The van der Waals surface area contributed by atoms with Crippen LogP contribution in [0.3, 0.4) is 0 Å². The fraction of sp³-hybridized carbons (Fsp3) is 0.421. The molecular formula is C19H24BrN3. The molecule has 0 aliphatic carbocycles. The molecule has 2 aromatic rings. The molecule has 2 unspecified atom stereocenters. The van der Waals surface area contributed by atoms with Crippen molar-refractivity contribution in [2.75, 3.05) is 30.4 Å². The summed E-state index contributed by atoms with van der Waals surface area (Å²) in [4.78, 5) is 9.03. The van der Waals surface area contributed by atoms with Gasteiger partial charge in [-0.15, -0.1) is 0 Å².